The van der Waals surface area contributed by atoms with E-state index in [1.54, 1.807) is 11.8 Å². The number of hydrogen-bond donors (Lipinski definition) is 2. The van der Waals surface area contributed by atoms with Gasteiger partial charge in [0.25, 0.3) is 5.91 Å². The first-order valence-electron chi connectivity index (χ1n) is 7.72. The Morgan fingerprint density at radius 3 is 2.87 bits per heavy atom. The number of rotatable bonds is 5. The van der Waals surface area contributed by atoms with Gasteiger partial charge in [-0.15, -0.1) is 11.8 Å². The Labute approximate surface area is 139 Å². The van der Waals surface area contributed by atoms with Gasteiger partial charge in [0, 0.05) is 22.8 Å². The van der Waals surface area contributed by atoms with Crippen molar-refractivity contribution in [2.24, 2.45) is 0 Å². The summed E-state index contributed by atoms with van der Waals surface area (Å²) >= 11 is 1.57. The van der Waals surface area contributed by atoms with Gasteiger partial charge in [0.05, 0.1) is 12.6 Å². The molecule has 0 aliphatic carbocycles. The summed E-state index contributed by atoms with van der Waals surface area (Å²) < 4.78 is 0. The van der Waals surface area contributed by atoms with Crippen LogP contribution in [-0.4, -0.2) is 50.0 Å². The van der Waals surface area contributed by atoms with E-state index in [0.717, 1.165) is 30.1 Å². The van der Waals surface area contributed by atoms with Gasteiger partial charge in [0.2, 0.25) is 0 Å². The van der Waals surface area contributed by atoms with Gasteiger partial charge in [-0.2, -0.15) is 5.10 Å². The second kappa shape index (κ2) is 7.14. The number of aliphatic hydroxyl groups excluding tert-OH is 1. The second-order valence-corrected chi connectivity index (χ2v) is 6.70. The van der Waals surface area contributed by atoms with E-state index in [1.807, 2.05) is 36.1 Å². The Morgan fingerprint density at radius 2 is 2.22 bits per heavy atom. The van der Waals surface area contributed by atoms with Crippen LogP contribution in [0.2, 0.25) is 0 Å². The molecule has 2 aromatic rings. The highest BCUT2D eigenvalue weighted by Crippen LogP contribution is 2.31. The number of likely N-dealkylation sites (tertiary alicyclic amines) is 1. The minimum absolute atomic E-state index is 0.0219. The van der Waals surface area contributed by atoms with Crippen LogP contribution in [0.5, 0.6) is 0 Å². The Balaban J connectivity index is 1.73. The van der Waals surface area contributed by atoms with E-state index in [9.17, 15) is 4.79 Å². The fourth-order valence-electron chi connectivity index (χ4n) is 2.81. The van der Waals surface area contributed by atoms with Crippen LogP contribution in [0.15, 0.2) is 29.2 Å². The van der Waals surface area contributed by atoms with Crippen LogP contribution in [0.3, 0.4) is 0 Å². The number of aromatic nitrogens is 3. The first-order valence-corrected chi connectivity index (χ1v) is 8.71. The molecule has 0 saturated carbocycles. The van der Waals surface area contributed by atoms with Gasteiger partial charge >= 0.3 is 0 Å². The maximum atomic E-state index is 12.8. The highest BCUT2D eigenvalue weighted by atomic mass is 32.2. The molecule has 0 radical (unpaired) electrons. The smallest absolute Gasteiger partial charge is 0.254 e. The maximum Gasteiger partial charge on any atom is 0.254 e. The third kappa shape index (κ3) is 3.56. The predicted octanol–water partition coefficient (Wildman–Crippen LogP) is 2.17. The number of nitrogens with one attached hydrogen (secondary N) is 1. The number of benzene rings is 1. The normalized spacial score (nSPS) is 17.7. The molecule has 0 bridgehead atoms. The van der Waals surface area contributed by atoms with Crippen molar-refractivity contribution in [3.63, 3.8) is 0 Å². The summed E-state index contributed by atoms with van der Waals surface area (Å²) in [7, 11) is 0. The van der Waals surface area contributed by atoms with Gasteiger partial charge in [0.1, 0.15) is 5.82 Å². The molecule has 1 aromatic carbocycles. The maximum absolute atomic E-state index is 12.8. The quantitative estimate of drug-likeness (QED) is 0.820. The minimum atomic E-state index is -0.0455. The highest BCUT2D eigenvalue weighted by Gasteiger charge is 2.33. The van der Waals surface area contributed by atoms with E-state index in [4.69, 9.17) is 5.11 Å². The van der Waals surface area contributed by atoms with Crippen molar-refractivity contribution < 1.29 is 9.90 Å². The number of thioether (sulfide) groups is 1. The molecular formula is C16H20N4O2S. The van der Waals surface area contributed by atoms with Crippen molar-refractivity contribution in [3.8, 4) is 0 Å². The van der Waals surface area contributed by atoms with Gasteiger partial charge in [-0.05, 0) is 44.0 Å². The predicted molar refractivity (Wildman–Crippen MR) is 88.4 cm³/mol. The molecule has 7 heteroatoms. The molecule has 1 atom stereocenters. The molecule has 1 fully saturated rings. The molecule has 1 unspecified atom stereocenters. The third-order valence-electron chi connectivity index (χ3n) is 3.89. The number of aryl methyl sites for hydroxylation is 1. The number of amides is 1. The average Bonchev–Trinajstić information content (AvgIpc) is 3.21. The van der Waals surface area contributed by atoms with Crippen molar-refractivity contribution in [1.82, 2.24) is 20.1 Å². The van der Waals surface area contributed by atoms with Gasteiger partial charge in [-0.3, -0.25) is 9.89 Å². The lowest BCUT2D eigenvalue weighted by Gasteiger charge is -2.22. The Hall–Kier alpha value is -1.86. The van der Waals surface area contributed by atoms with Gasteiger partial charge in [-0.25, -0.2) is 4.98 Å². The first-order chi connectivity index (χ1) is 11.2. The van der Waals surface area contributed by atoms with E-state index < -0.39 is 0 Å². The molecule has 1 aliphatic rings. The molecule has 1 saturated heterocycles. The number of carbonyl (C=O) groups is 1. The lowest BCUT2D eigenvalue weighted by atomic mass is 10.1. The van der Waals surface area contributed by atoms with Crippen LogP contribution < -0.4 is 0 Å². The fraction of sp³-hybridized carbons (Fsp3) is 0.438. The van der Waals surface area contributed by atoms with Crippen molar-refractivity contribution in [3.05, 3.63) is 41.5 Å². The molecule has 1 amide bonds. The van der Waals surface area contributed by atoms with Crippen LogP contribution in [0.25, 0.3) is 0 Å². The summed E-state index contributed by atoms with van der Waals surface area (Å²) in [5, 5.41) is 15.9. The van der Waals surface area contributed by atoms with Gasteiger partial charge in [-0.1, -0.05) is 0 Å². The molecule has 23 heavy (non-hydrogen) atoms. The summed E-state index contributed by atoms with van der Waals surface area (Å²) in [6, 6.07) is 7.50. The zero-order chi connectivity index (χ0) is 16.2. The number of aromatic amines is 1. The topological polar surface area (TPSA) is 82.1 Å². The van der Waals surface area contributed by atoms with E-state index in [2.05, 4.69) is 15.2 Å². The molecule has 122 valence electrons. The van der Waals surface area contributed by atoms with Crippen LogP contribution in [0.1, 0.15) is 40.9 Å². The molecule has 0 spiro atoms. The van der Waals surface area contributed by atoms with Crippen molar-refractivity contribution >= 4 is 17.7 Å². The van der Waals surface area contributed by atoms with E-state index >= 15 is 0 Å². The lowest BCUT2D eigenvalue weighted by molar-refractivity contribution is 0.0730. The molecule has 2 N–H and O–H groups in total. The highest BCUT2D eigenvalue weighted by molar-refractivity contribution is 7.99. The molecular weight excluding hydrogens is 312 g/mol. The van der Waals surface area contributed by atoms with E-state index in [1.165, 1.54) is 0 Å². The Morgan fingerprint density at radius 1 is 1.43 bits per heavy atom. The zero-order valence-electron chi connectivity index (χ0n) is 13.0. The van der Waals surface area contributed by atoms with Crippen molar-refractivity contribution in [2.75, 3.05) is 18.9 Å². The van der Waals surface area contributed by atoms with Crippen LogP contribution in [0, 0.1) is 6.92 Å². The molecule has 3 rings (SSSR count). The van der Waals surface area contributed by atoms with E-state index in [-0.39, 0.29) is 18.6 Å². The second-order valence-electron chi connectivity index (χ2n) is 5.53. The zero-order valence-corrected chi connectivity index (χ0v) is 13.8. The monoisotopic (exact) mass is 332 g/mol. The summed E-state index contributed by atoms with van der Waals surface area (Å²) in [6.07, 6.45) is 1.86. The number of H-pyrrole nitrogens is 1. The van der Waals surface area contributed by atoms with Crippen molar-refractivity contribution in [2.45, 2.75) is 30.7 Å². The standard InChI is InChI=1S/C16H20N4O2S/c1-11-17-15(19-18-11)14-3-2-8-20(14)16(22)12-4-6-13(7-5-12)23-10-9-21/h4-7,14,21H,2-3,8-10H2,1H3,(H,17,18,19). The lowest BCUT2D eigenvalue weighted by Crippen LogP contribution is -2.31. The Kier molecular flexibility index (Phi) is 4.97. The van der Waals surface area contributed by atoms with E-state index in [0.29, 0.717) is 17.1 Å². The summed E-state index contributed by atoms with van der Waals surface area (Å²) in [4.78, 5) is 20.1. The molecule has 1 aromatic heterocycles. The molecule has 2 heterocycles. The van der Waals surface area contributed by atoms with Crippen LogP contribution in [-0.2, 0) is 0 Å². The Bertz CT molecular complexity index is 671. The minimum Gasteiger partial charge on any atom is -0.396 e. The molecule has 6 nitrogen and oxygen atoms in total. The summed E-state index contributed by atoms with van der Waals surface area (Å²) in [5.41, 5.74) is 0.678. The van der Waals surface area contributed by atoms with Crippen molar-refractivity contribution in [1.29, 1.82) is 0 Å². The summed E-state index contributed by atoms with van der Waals surface area (Å²) in [5.74, 6) is 2.15. The largest absolute Gasteiger partial charge is 0.396 e. The summed E-state index contributed by atoms with van der Waals surface area (Å²) in [6.45, 7) is 2.75. The van der Waals surface area contributed by atoms with Crippen LogP contribution >= 0.6 is 11.8 Å². The number of aliphatic hydroxyl groups is 1. The number of hydrogen-bond acceptors (Lipinski definition) is 5. The third-order valence-corrected chi connectivity index (χ3v) is 4.88. The van der Waals surface area contributed by atoms with Crippen LogP contribution in [0.4, 0.5) is 0 Å². The van der Waals surface area contributed by atoms with Gasteiger partial charge in [0.15, 0.2) is 5.82 Å². The van der Waals surface area contributed by atoms with Gasteiger partial charge < -0.3 is 10.0 Å². The number of carbonyl (C=O) groups excluding carboxylic acids is 1. The SMILES string of the molecule is Cc1nc(C2CCCN2C(=O)c2ccc(SCCO)cc2)n[nH]1. The molecule has 1 aliphatic heterocycles. The number of nitrogens with zero attached hydrogens (tertiary/aromatic N) is 3. The average molecular weight is 332 g/mol. The first kappa shape index (κ1) is 16.0. The fourth-order valence-corrected chi connectivity index (χ4v) is 3.47.